The van der Waals surface area contributed by atoms with Gasteiger partial charge >= 0.3 is 6.09 Å². The smallest absolute Gasteiger partial charge is 0.408 e. The minimum Gasteiger partial charge on any atom is -0.444 e. The van der Waals surface area contributed by atoms with Crippen molar-refractivity contribution in [2.24, 2.45) is 0 Å². The Balaban J connectivity index is 1.63. The highest BCUT2D eigenvalue weighted by atomic mass is 16.6. The van der Waals surface area contributed by atoms with E-state index in [1.54, 1.807) is 57.3 Å². The van der Waals surface area contributed by atoms with E-state index in [9.17, 15) is 14.4 Å². The summed E-state index contributed by atoms with van der Waals surface area (Å²) in [5.74, 6) is -0.729. The topological polar surface area (TPSA) is 97.4 Å². The van der Waals surface area contributed by atoms with Crippen molar-refractivity contribution >= 4 is 17.8 Å². The molecule has 0 aliphatic heterocycles. The number of rotatable bonds is 8. The van der Waals surface area contributed by atoms with Crippen LogP contribution in [-0.4, -0.2) is 41.0 Å². The maximum absolute atomic E-state index is 12.9. The molecule has 1 aromatic heterocycles. The molecule has 0 fully saturated rings. The molecule has 0 aliphatic rings. The van der Waals surface area contributed by atoms with Crippen molar-refractivity contribution in [1.29, 1.82) is 0 Å². The Morgan fingerprint density at radius 1 is 0.882 bits per heavy atom. The molecule has 2 N–H and O–H groups in total. The van der Waals surface area contributed by atoms with Crippen molar-refractivity contribution in [1.82, 2.24) is 15.6 Å². The molecule has 2 amide bonds. The molecule has 0 spiro atoms. The molecule has 0 radical (unpaired) electrons. The third-order valence-electron chi connectivity index (χ3n) is 4.88. The Bertz CT molecular complexity index is 1110. The van der Waals surface area contributed by atoms with E-state index >= 15 is 0 Å². The van der Waals surface area contributed by atoms with E-state index in [-0.39, 0.29) is 18.7 Å². The number of Topliss-reactive ketones (excluding diaryl/α,β-unsaturated/α-hetero) is 1. The maximum Gasteiger partial charge on any atom is 0.408 e. The molecule has 1 heterocycles. The fourth-order valence-electron chi connectivity index (χ4n) is 3.26. The molecule has 3 rings (SSSR count). The van der Waals surface area contributed by atoms with Crippen molar-refractivity contribution < 1.29 is 19.1 Å². The summed E-state index contributed by atoms with van der Waals surface area (Å²) in [5, 5.41) is 5.22. The van der Waals surface area contributed by atoms with Gasteiger partial charge < -0.3 is 15.4 Å². The van der Waals surface area contributed by atoms with Gasteiger partial charge in [0, 0.05) is 23.9 Å². The van der Waals surface area contributed by atoms with Gasteiger partial charge in [0.1, 0.15) is 11.6 Å². The Morgan fingerprint density at radius 2 is 1.53 bits per heavy atom. The zero-order valence-corrected chi connectivity index (χ0v) is 19.6. The summed E-state index contributed by atoms with van der Waals surface area (Å²) in [6.07, 6.45) is 1.05. The van der Waals surface area contributed by atoms with Crippen LogP contribution in [-0.2, 0) is 16.0 Å². The highest BCUT2D eigenvalue weighted by molar-refractivity contribution is 6.00. The van der Waals surface area contributed by atoms with E-state index in [1.165, 1.54) is 0 Å². The molecular weight excluding hydrogens is 430 g/mol. The average molecular weight is 460 g/mol. The van der Waals surface area contributed by atoms with Gasteiger partial charge in [0.25, 0.3) is 0 Å². The molecule has 0 saturated heterocycles. The van der Waals surface area contributed by atoms with Crippen LogP contribution in [0.15, 0.2) is 79.0 Å². The van der Waals surface area contributed by atoms with Crippen LogP contribution in [0.2, 0.25) is 0 Å². The lowest BCUT2D eigenvalue weighted by atomic mass is 10.0. The minimum absolute atomic E-state index is 0.159. The summed E-state index contributed by atoms with van der Waals surface area (Å²) in [6.45, 7) is 5.02. The fourth-order valence-corrected chi connectivity index (χ4v) is 3.26. The van der Waals surface area contributed by atoms with E-state index in [2.05, 4.69) is 15.6 Å². The number of alkyl carbamates (subject to hydrolysis) is 1. The first-order valence-corrected chi connectivity index (χ1v) is 11.1. The standard InChI is InChI=1S/C27H29N3O4/c1-27(2,3)34-26(33)30-23(17-22-11-7-8-16-28-22)25(32)29-18-24(31)21-14-12-20(13-15-21)19-9-5-4-6-10-19/h4-16,23H,17-18H2,1-3H3,(H,29,32)(H,30,33)/t23-/m0/s1. The lowest BCUT2D eigenvalue weighted by Gasteiger charge is -2.23. The molecule has 2 aromatic carbocycles. The number of aromatic nitrogens is 1. The van der Waals surface area contributed by atoms with Crippen LogP contribution in [0.5, 0.6) is 0 Å². The van der Waals surface area contributed by atoms with Crippen LogP contribution >= 0.6 is 0 Å². The van der Waals surface area contributed by atoms with Crippen molar-refractivity contribution in [3.63, 3.8) is 0 Å². The molecule has 3 aromatic rings. The van der Waals surface area contributed by atoms with Crippen molar-refractivity contribution in [2.45, 2.75) is 38.8 Å². The molecule has 7 nitrogen and oxygen atoms in total. The van der Waals surface area contributed by atoms with E-state index in [1.807, 2.05) is 42.5 Å². The zero-order valence-electron chi connectivity index (χ0n) is 19.6. The largest absolute Gasteiger partial charge is 0.444 e. The van der Waals surface area contributed by atoms with Crippen LogP contribution in [0.3, 0.4) is 0 Å². The first-order chi connectivity index (χ1) is 16.2. The Morgan fingerprint density at radius 3 is 2.15 bits per heavy atom. The molecule has 0 saturated carbocycles. The summed E-state index contributed by atoms with van der Waals surface area (Å²) >= 11 is 0. The normalized spacial score (nSPS) is 11.9. The van der Waals surface area contributed by atoms with Crippen molar-refractivity contribution in [2.75, 3.05) is 6.54 Å². The number of nitrogens with zero attached hydrogens (tertiary/aromatic N) is 1. The zero-order chi connectivity index (χ0) is 24.6. The number of ether oxygens (including phenoxy) is 1. The summed E-state index contributed by atoms with van der Waals surface area (Å²) in [5.41, 5.74) is 2.46. The molecule has 0 aliphatic carbocycles. The van der Waals surface area contributed by atoms with E-state index in [4.69, 9.17) is 4.74 Å². The highest BCUT2D eigenvalue weighted by Crippen LogP contribution is 2.19. The van der Waals surface area contributed by atoms with Gasteiger partial charge in [-0.3, -0.25) is 14.6 Å². The Labute approximate surface area is 199 Å². The predicted molar refractivity (Wildman–Crippen MR) is 130 cm³/mol. The number of carbonyl (C=O) groups excluding carboxylic acids is 3. The van der Waals surface area contributed by atoms with Crippen LogP contribution in [0.1, 0.15) is 36.8 Å². The molecular formula is C27H29N3O4. The van der Waals surface area contributed by atoms with Crippen LogP contribution in [0, 0.1) is 0 Å². The summed E-state index contributed by atoms with van der Waals surface area (Å²) in [6, 6.07) is 21.5. The summed E-state index contributed by atoms with van der Waals surface area (Å²) in [7, 11) is 0. The molecule has 0 bridgehead atoms. The maximum atomic E-state index is 12.9. The lowest BCUT2D eigenvalue weighted by molar-refractivity contribution is -0.123. The molecule has 7 heteroatoms. The van der Waals surface area contributed by atoms with Gasteiger partial charge in [0.2, 0.25) is 5.91 Å². The number of nitrogens with one attached hydrogen (secondary N) is 2. The van der Waals surface area contributed by atoms with E-state index < -0.39 is 23.6 Å². The van der Waals surface area contributed by atoms with Gasteiger partial charge in [0.05, 0.1) is 6.54 Å². The van der Waals surface area contributed by atoms with Crippen LogP contribution in [0.25, 0.3) is 11.1 Å². The molecule has 1 atom stereocenters. The van der Waals surface area contributed by atoms with Gasteiger partial charge in [0.15, 0.2) is 5.78 Å². The minimum atomic E-state index is -0.946. The van der Waals surface area contributed by atoms with Gasteiger partial charge in [-0.25, -0.2) is 4.79 Å². The summed E-state index contributed by atoms with van der Waals surface area (Å²) in [4.78, 5) is 42.0. The lowest BCUT2D eigenvalue weighted by Crippen LogP contribution is -2.50. The van der Waals surface area contributed by atoms with Crippen LogP contribution in [0.4, 0.5) is 4.79 Å². The fraction of sp³-hybridized carbons (Fsp3) is 0.259. The number of pyridine rings is 1. The first-order valence-electron chi connectivity index (χ1n) is 11.1. The quantitative estimate of drug-likeness (QED) is 0.493. The number of benzene rings is 2. The monoisotopic (exact) mass is 459 g/mol. The van der Waals surface area contributed by atoms with Crippen molar-refractivity contribution in [3.05, 3.63) is 90.3 Å². The SMILES string of the molecule is CC(C)(C)OC(=O)N[C@@H](Cc1ccccn1)C(=O)NCC(=O)c1ccc(-c2ccccc2)cc1. The second kappa shape index (κ2) is 11.2. The number of hydrogen-bond donors (Lipinski definition) is 2. The predicted octanol–water partition coefficient (Wildman–Crippen LogP) is 4.18. The number of carbonyl (C=O) groups is 3. The molecule has 34 heavy (non-hydrogen) atoms. The second-order valence-electron chi connectivity index (χ2n) is 8.81. The van der Waals surface area contributed by atoms with Gasteiger partial charge in [-0.2, -0.15) is 0 Å². The Hall–Kier alpha value is -4.00. The molecule has 176 valence electrons. The molecule has 0 unspecified atom stereocenters. The Kier molecular flexibility index (Phi) is 8.14. The number of hydrogen-bond acceptors (Lipinski definition) is 5. The van der Waals surface area contributed by atoms with Crippen LogP contribution < -0.4 is 10.6 Å². The van der Waals surface area contributed by atoms with Gasteiger partial charge in [-0.15, -0.1) is 0 Å². The van der Waals surface area contributed by atoms with Gasteiger partial charge in [-0.1, -0.05) is 60.7 Å². The summed E-state index contributed by atoms with van der Waals surface area (Å²) < 4.78 is 5.28. The van der Waals surface area contributed by atoms with Gasteiger partial charge in [-0.05, 0) is 44.0 Å². The second-order valence-corrected chi connectivity index (χ2v) is 8.81. The highest BCUT2D eigenvalue weighted by Gasteiger charge is 2.25. The van der Waals surface area contributed by atoms with Crippen molar-refractivity contribution in [3.8, 4) is 11.1 Å². The number of ketones is 1. The third-order valence-corrected chi connectivity index (χ3v) is 4.88. The first kappa shape index (κ1) is 24.6. The van der Waals surface area contributed by atoms with E-state index in [0.717, 1.165) is 11.1 Å². The average Bonchev–Trinajstić information content (AvgIpc) is 2.82. The van der Waals surface area contributed by atoms with E-state index in [0.29, 0.717) is 11.3 Å². The third kappa shape index (κ3) is 7.55. The number of amides is 2.